The number of imide groups is 1. The van der Waals surface area contributed by atoms with E-state index in [2.05, 4.69) is 0 Å². The first kappa shape index (κ1) is 22.3. The number of carbonyl (C=O) groups excluding carboxylic acids is 2. The minimum atomic E-state index is -0.458. The van der Waals surface area contributed by atoms with E-state index in [4.69, 9.17) is 4.74 Å². The summed E-state index contributed by atoms with van der Waals surface area (Å²) in [5.74, 6) is 0.365. The molecule has 0 radical (unpaired) electrons. The number of thioether (sulfide) groups is 1. The van der Waals surface area contributed by atoms with Crippen LogP contribution in [0.5, 0.6) is 5.75 Å². The molecule has 1 aliphatic rings. The zero-order valence-electron chi connectivity index (χ0n) is 18.1. The molecule has 2 heterocycles. The Morgan fingerprint density at radius 3 is 2.58 bits per heavy atom. The van der Waals surface area contributed by atoms with Crippen LogP contribution >= 0.6 is 11.8 Å². The molecular formula is C24H21N3O5S. The highest BCUT2D eigenvalue weighted by Gasteiger charge is 2.35. The van der Waals surface area contributed by atoms with Crippen molar-refractivity contribution in [3.63, 3.8) is 0 Å². The van der Waals surface area contributed by atoms with Gasteiger partial charge in [-0.3, -0.25) is 24.6 Å². The van der Waals surface area contributed by atoms with E-state index in [0.717, 1.165) is 28.6 Å². The van der Waals surface area contributed by atoms with Crippen LogP contribution in [-0.2, 0) is 4.79 Å². The molecular weight excluding hydrogens is 442 g/mol. The number of aromatic nitrogens is 1. The van der Waals surface area contributed by atoms with Gasteiger partial charge in [-0.15, -0.1) is 0 Å². The first-order valence-corrected chi connectivity index (χ1v) is 11.0. The van der Waals surface area contributed by atoms with Crippen molar-refractivity contribution in [1.29, 1.82) is 0 Å². The number of nitro benzene ring substituents is 1. The highest BCUT2D eigenvalue weighted by molar-refractivity contribution is 8.18. The van der Waals surface area contributed by atoms with Crippen molar-refractivity contribution in [2.24, 2.45) is 0 Å². The number of aryl methyl sites for hydroxylation is 2. The van der Waals surface area contributed by atoms with Crippen molar-refractivity contribution >= 4 is 34.7 Å². The maximum Gasteiger partial charge on any atom is 0.293 e. The Morgan fingerprint density at radius 1 is 1.09 bits per heavy atom. The Kier molecular flexibility index (Phi) is 6.32. The van der Waals surface area contributed by atoms with E-state index >= 15 is 0 Å². The van der Waals surface area contributed by atoms with Gasteiger partial charge in [-0.1, -0.05) is 12.1 Å². The monoisotopic (exact) mass is 463 g/mol. The van der Waals surface area contributed by atoms with E-state index in [0.29, 0.717) is 16.3 Å². The molecule has 0 saturated carbocycles. The first-order chi connectivity index (χ1) is 15.8. The second-order valence-electron chi connectivity index (χ2n) is 7.53. The molecule has 0 unspecified atom stereocenters. The summed E-state index contributed by atoms with van der Waals surface area (Å²) < 4.78 is 7.59. The van der Waals surface area contributed by atoms with Gasteiger partial charge in [0.25, 0.3) is 16.8 Å². The van der Waals surface area contributed by atoms with Crippen LogP contribution in [0, 0.1) is 24.0 Å². The summed E-state index contributed by atoms with van der Waals surface area (Å²) in [6, 6.07) is 15.6. The lowest BCUT2D eigenvalue weighted by atomic mass is 10.1. The molecule has 4 rings (SSSR count). The summed E-state index contributed by atoms with van der Waals surface area (Å²) in [5.41, 5.74) is 3.44. The van der Waals surface area contributed by atoms with Crippen LogP contribution in [0.2, 0.25) is 0 Å². The Bertz CT molecular complexity index is 1260. The summed E-state index contributed by atoms with van der Waals surface area (Å²) in [6.07, 6.45) is 3.44. The smallest absolute Gasteiger partial charge is 0.293 e. The number of hydrogen-bond donors (Lipinski definition) is 0. The number of non-ortho nitro benzene ring substituents is 1. The van der Waals surface area contributed by atoms with Gasteiger partial charge in [0, 0.05) is 29.7 Å². The van der Waals surface area contributed by atoms with Gasteiger partial charge in [0.1, 0.15) is 12.4 Å². The maximum absolute atomic E-state index is 12.8. The van der Waals surface area contributed by atoms with Gasteiger partial charge in [-0.25, -0.2) is 0 Å². The fourth-order valence-corrected chi connectivity index (χ4v) is 4.27. The molecule has 2 amide bonds. The van der Waals surface area contributed by atoms with Crippen molar-refractivity contribution < 1.29 is 19.2 Å². The fourth-order valence-electron chi connectivity index (χ4n) is 3.42. The van der Waals surface area contributed by atoms with Gasteiger partial charge in [-0.05, 0) is 73.1 Å². The number of carbonyl (C=O) groups is 2. The van der Waals surface area contributed by atoms with Crippen LogP contribution in [0.3, 0.4) is 0 Å². The standard InChI is InChI=1S/C24H21N3O5S/c1-16-5-6-17(2)21(14-16)32-13-12-26-23(28)22(33-24(26)29)15-20-4-3-11-25(20)18-7-9-19(10-8-18)27(30)31/h3-11,14-15H,12-13H2,1-2H3/b22-15-. The van der Waals surface area contributed by atoms with E-state index < -0.39 is 4.92 Å². The highest BCUT2D eigenvalue weighted by atomic mass is 32.2. The van der Waals surface area contributed by atoms with E-state index in [-0.39, 0.29) is 30.0 Å². The van der Waals surface area contributed by atoms with Crippen LogP contribution in [-0.4, -0.2) is 38.7 Å². The first-order valence-electron chi connectivity index (χ1n) is 10.2. The zero-order chi connectivity index (χ0) is 23.5. The lowest BCUT2D eigenvalue weighted by molar-refractivity contribution is -0.384. The largest absolute Gasteiger partial charge is 0.491 e. The molecule has 1 aromatic heterocycles. The van der Waals surface area contributed by atoms with Crippen LogP contribution in [0.1, 0.15) is 16.8 Å². The number of hydrogen-bond acceptors (Lipinski definition) is 6. The number of nitro groups is 1. The average molecular weight is 464 g/mol. The van der Waals surface area contributed by atoms with Gasteiger partial charge in [0.15, 0.2) is 0 Å². The second kappa shape index (κ2) is 9.33. The molecule has 0 N–H and O–H groups in total. The van der Waals surface area contributed by atoms with E-state index in [1.165, 1.54) is 17.0 Å². The van der Waals surface area contributed by atoms with Gasteiger partial charge in [0.05, 0.1) is 16.4 Å². The van der Waals surface area contributed by atoms with Crippen molar-refractivity contribution in [3.8, 4) is 11.4 Å². The normalized spacial score (nSPS) is 14.8. The Balaban J connectivity index is 1.46. The summed E-state index contributed by atoms with van der Waals surface area (Å²) in [7, 11) is 0. The lowest BCUT2D eigenvalue weighted by Crippen LogP contribution is -2.32. The molecule has 8 nitrogen and oxygen atoms in total. The van der Waals surface area contributed by atoms with Crippen molar-refractivity contribution in [2.75, 3.05) is 13.2 Å². The van der Waals surface area contributed by atoms with Crippen LogP contribution in [0.15, 0.2) is 65.7 Å². The third-order valence-corrected chi connectivity index (χ3v) is 6.10. The second-order valence-corrected chi connectivity index (χ2v) is 8.52. The number of amides is 2. The number of ether oxygens (including phenoxy) is 1. The minimum absolute atomic E-state index is 0.00310. The third kappa shape index (κ3) is 4.83. The molecule has 2 aromatic carbocycles. The third-order valence-electron chi connectivity index (χ3n) is 5.19. The minimum Gasteiger partial charge on any atom is -0.491 e. The number of rotatable bonds is 7. The Morgan fingerprint density at radius 2 is 1.85 bits per heavy atom. The molecule has 1 saturated heterocycles. The van der Waals surface area contributed by atoms with Gasteiger partial charge >= 0.3 is 0 Å². The summed E-state index contributed by atoms with van der Waals surface area (Å²) in [4.78, 5) is 37.2. The van der Waals surface area contributed by atoms with Crippen LogP contribution < -0.4 is 4.74 Å². The molecule has 33 heavy (non-hydrogen) atoms. The number of nitrogens with zero attached hydrogens (tertiary/aromatic N) is 3. The predicted octanol–water partition coefficient (Wildman–Crippen LogP) is 5.12. The fraction of sp³-hybridized carbons (Fsp3) is 0.167. The quantitative estimate of drug-likeness (QED) is 0.274. The zero-order valence-corrected chi connectivity index (χ0v) is 18.9. The van der Waals surface area contributed by atoms with Gasteiger partial charge in [-0.2, -0.15) is 0 Å². The molecule has 3 aromatic rings. The van der Waals surface area contributed by atoms with Crippen LogP contribution in [0.4, 0.5) is 10.5 Å². The predicted molar refractivity (Wildman–Crippen MR) is 127 cm³/mol. The van der Waals surface area contributed by atoms with E-state index in [1.807, 2.05) is 32.0 Å². The maximum atomic E-state index is 12.8. The summed E-state index contributed by atoms with van der Waals surface area (Å²) in [6.45, 7) is 4.27. The molecule has 0 bridgehead atoms. The molecule has 0 spiro atoms. The Labute approximate surface area is 194 Å². The lowest BCUT2D eigenvalue weighted by Gasteiger charge is -2.14. The summed E-state index contributed by atoms with van der Waals surface area (Å²) in [5, 5.41) is 10.5. The van der Waals surface area contributed by atoms with E-state index in [1.54, 1.807) is 41.1 Å². The molecule has 0 aliphatic carbocycles. The topological polar surface area (TPSA) is 94.7 Å². The SMILES string of the molecule is Cc1ccc(C)c(OCCN2C(=O)S/C(=C\c3cccn3-c3ccc([N+](=O)[O-])cc3)C2=O)c1. The van der Waals surface area contributed by atoms with Gasteiger partial charge in [0.2, 0.25) is 0 Å². The average Bonchev–Trinajstić information content (AvgIpc) is 3.36. The summed E-state index contributed by atoms with van der Waals surface area (Å²) >= 11 is 0.882. The van der Waals surface area contributed by atoms with Crippen LogP contribution in [0.25, 0.3) is 11.8 Å². The molecule has 9 heteroatoms. The van der Waals surface area contributed by atoms with E-state index in [9.17, 15) is 19.7 Å². The molecule has 168 valence electrons. The Hall–Kier alpha value is -3.85. The van der Waals surface area contributed by atoms with Gasteiger partial charge < -0.3 is 9.30 Å². The molecule has 0 atom stereocenters. The van der Waals surface area contributed by atoms with Crippen molar-refractivity contribution in [2.45, 2.75) is 13.8 Å². The molecule has 1 aliphatic heterocycles. The molecule has 1 fully saturated rings. The van der Waals surface area contributed by atoms with Crippen molar-refractivity contribution in [3.05, 3.63) is 92.6 Å². The number of benzene rings is 2. The van der Waals surface area contributed by atoms with Crippen molar-refractivity contribution in [1.82, 2.24) is 9.47 Å². The highest BCUT2D eigenvalue weighted by Crippen LogP contribution is 2.32.